The van der Waals surface area contributed by atoms with E-state index >= 15 is 0 Å². The van der Waals surface area contributed by atoms with Crippen molar-refractivity contribution in [1.29, 1.82) is 0 Å². The monoisotopic (exact) mass is 218 g/mol. The fraction of sp³-hybridized carbons (Fsp3) is 0.222. The third kappa shape index (κ3) is 2.45. The zero-order chi connectivity index (χ0) is 9.84. The maximum atomic E-state index is 13.1. The van der Waals surface area contributed by atoms with E-state index in [1.807, 2.05) is 0 Å². The number of carbonyl (C=O) groups excluding carboxylic acids is 1. The first kappa shape index (κ1) is 10.5. The Kier molecular flexibility index (Phi) is 3.75. The summed E-state index contributed by atoms with van der Waals surface area (Å²) in [5.41, 5.74) is -0.00137. The van der Waals surface area contributed by atoms with Crippen molar-refractivity contribution >= 4 is 29.1 Å². The summed E-state index contributed by atoms with van der Waals surface area (Å²) in [4.78, 5) is 11.3. The van der Waals surface area contributed by atoms with E-state index in [2.05, 4.69) is 0 Å². The SMILES string of the molecule is CSCC(=O)c1c(F)cccc1Cl. The largest absolute Gasteiger partial charge is 0.293 e. The average molecular weight is 219 g/mol. The molecule has 0 heterocycles. The molecule has 0 amide bonds. The lowest BCUT2D eigenvalue weighted by Gasteiger charge is -2.02. The molecule has 0 spiro atoms. The molecule has 0 saturated carbocycles. The highest BCUT2D eigenvalue weighted by Gasteiger charge is 2.14. The van der Waals surface area contributed by atoms with Gasteiger partial charge in [-0.05, 0) is 18.4 Å². The summed E-state index contributed by atoms with van der Waals surface area (Å²) in [6, 6.07) is 4.23. The van der Waals surface area contributed by atoms with E-state index < -0.39 is 5.82 Å². The van der Waals surface area contributed by atoms with Crippen molar-refractivity contribution in [2.24, 2.45) is 0 Å². The Bertz CT molecular complexity index is 307. The van der Waals surface area contributed by atoms with Crippen LogP contribution in [0.4, 0.5) is 4.39 Å². The summed E-state index contributed by atoms with van der Waals surface area (Å²) in [5, 5.41) is 0.180. The zero-order valence-corrected chi connectivity index (χ0v) is 8.58. The Labute approximate surface area is 85.3 Å². The van der Waals surface area contributed by atoms with Crippen molar-refractivity contribution in [3.63, 3.8) is 0 Å². The summed E-state index contributed by atoms with van der Waals surface area (Å²) < 4.78 is 13.1. The number of rotatable bonds is 3. The molecule has 13 heavy (non-hydrogen) atoms. The molecule has 0 N–H and O–H groups in total. The van der Waals surface area contributed by atoms with Crippen LogP contribution < -0.4 is 0 Å². The second-order valence-corrected chi connectivity index (χ2v) is 3.73. The maximum absolute atomic E-state index is 13.1. The predicted molar refractivity (Wildman–Crippen MR) is 54.1 cm³/mol. The Morgan fingerprint density at radius 3 is 2.85 bits per heavy atom. The van der Waals surface area contributed by atoms with Gasteiger partial charge in [-0.3, -0.25) is 4.79 Å². The van der Waals surface area contributed by atoms with Crippen LogP contribution in [0.3, 0.4) is 0 Å². The van der Waals surface area contributed by atoms with Gasteiger partial charge in [0.2, 0.25) is 0 Å². The molecule has 0 bridgehead atoms. The summed E-state index contributed by atoms with van der Waals surface area (Å²) >= 11 is 7.04. The van der Waals surface area contributed by atoms with E-state index in [9.17, 15) is 9.18 Å². The highest BCUT2D eigenvalue weighted by molar-refractivity contribution is 7.99. The van der Waals surface area contributed by atoms with Crippen LogP contribution in [0, 0.1) is 5.82 Å². The maximum Gasteiger partial charge on any atom is 0.177 e. The summed E-state index contributed by atoms with van der Waals surface area (Å²) in [7, 11) is 0. The number of Topliss-reactive ketones (excluding diaryl/α,β-unsaturated/α-hetero) is 1. The average Bonchev–Trinajstić information content (AvgIpc) is 2.04. The number of hydrogen-bond acceptors (Lipinski definition) is 2. The Morgan fingerprint density at radius 1 is 1.62 bits per heavy atom. The minimum Gasteiger partial charge on any atom is -0.293 e. The minimum absolute atomic E-state index is 0.00137. The number of ketones is 1. The van der Waals surface area contributed by atoms with Crippen LogP contribution in [0.5, 0.6) is 0 Å². The van der Waals surface area contributed by atoms with Gasteiger partial charge in [0.15, 0.2) is 5.78 Å². The first-order chi connectivity index (χ1) is 6.16. The number of carbonyl (C=O) groups is 1. The Morgan fingerprint density at radius 2 is 2.31 bits per heavy atom. The topological polar surface area (TPSA) is 17.1 Å². The van der Waals surface area contributed by atoms with Crippen molar-refractivity contribution in [3.05, 3.63) is 34.6 Å². The molecule has 0 fully saturated rings. The highest BCUT2D eigenvalue weighted by Crippen LogP contribution is 2.20. The molecule has 0 unspecified atom stereocenters. The molecule has 1 aromatic carbocycles. The van der Waals surface area contributed by atoms with Gasteiger partial charge in [0.1, 0.15) is 5.82 Å². The van der Waals surface area contributed by atoms with Gasteiger partial charge in [-0.25, -0.2) is 4.39 Å². The van der Waals surface area contributed by atoms with Gasteiger partial charge in [0.05, 0.1) is 16.3 Å². The van der Waals surface area contributed by atoms with Crippen LogP contribution in [0.1, 0.15) is 10.4 Å². The van der Waals surface area contributed by atoms with Crippen molar-refractivity contribution < 1.29 is 9.18 Å². The second-order valence-electron chi connectivity index (χ2n) is 2.45. The fourth-order valence-corrected chi connectivity index (χ4v) is 1.64. The van der Waals surface area contributed by atoms with Crippen LogP contribution in [-0.4, -0.2) is 17.8 Å². The fourth-order valence-electron chi connectivity index (χ4n) is 0.967. The molecule has 0 aliphatic heterocycles. The molecule has 0 radical (unpaired) electrons. The van der Waals surface area contributed by atoms with E-state index in [0.29, 0.717) is 0 Å². The summed E-state index contributed by atoms with van der Waals surface area (Å²) in [5.74, 6) is -0.567. The van der Waals surface area contributed by atoms with Crippen molar-refractivity contribution in [2.45, 2.75) is 0 Å². The van der Waals surface area contributed by atoms with Crippen molar-refractivity contribution in [1.82, 2.24) is 0 Å². The van der Waals surface area contributed by atoms with Crippen LogP contribution in [-0.2, 0) is 0 Å². The predicted octanol–water partition coefficient (Wildman–Crippen LogP) is 3.02. The number of thioether (sulfide) groups is 1. The minimum atomic E-state index is -0.549. The van der Waals surface area contributed by atoms with E-state index in [-0.39, 0.29) is 22.1 Å². The van der Waals surface area contributed by atoms with E-state index in [1.165, 1.54) is 30.0 Å². The molecule has 1 aromatic rings. The van der Waals surface area contributed by atoms with Crippen molar-refractivity contribution in [3.8, 4) is 0 Å². The lowest BCUT2D eigenvalue weighted by molar-refractivity contribution is 0.101. The molecule has 0 aliphatic rings. The molecule has 0 saturated heterocycles. The summed E-state index contributed by atoms with van der Waals surface area (Å²) in [6.45, 7) is 0. The molecule has 0 aromatic heterocycles. The smallest absolute Gasteiger partial charge is 0.177 e. The standard InChI is InChI=1S/C9H8ClFOS/c1-13-5-8(12)9-6(10)3-2-4-7(9)11/h2-4H,5H2,1H3. The molecular formula is C9H8ClFOS. The summed E-state index contributed by atoms with van der Waals surface area (Å²) in [6.07, 6.45) is 1.78. The van der Waals surface area contributed by atoms with E-state index in [0.717, 1.165) is 0 Å². The first-order valence-corrected chi connectivity index (χ1v) is 5.40. The van der Waals surface area contributed by atoms with Gasteiger partial charge in [0, 0.05) is 0 Å². The number of hydrogen-bond donors (Lipinski definition) is 0. The molecule has 0 atom stereocenters. The lowest BCUT2D eigenvalue weighted by atomic mass is 10.1. The number of halogens is 2. The van der Waals surface area contributed by atoms with Crippen molar-refractivity contribution in [2.75, 3.05) is 12.0 Å². The molecule has 70 valence electrons. The van der Waals surface area contributed by atoms with Crippen LogP contribution in [0.2, 0.25) is 5.02 Å². The normalized spacial score (nSPS) is 10.1. The van der Waals surface area contributed by atoms with Gasteiger partial charge < -0.3 is 0 Å². The van der Waals surface area contributed by atoms with Gasteiger partial charge in [-0.2, -0.15) is 11.8 Å². The van der Waals surface area contributed by atoms with Gasteiger partial charge in [0.25, 0.3) is 0 Å². The van der Waals surface area contributed by atoms with Crippen LogP contribution in [0.15, 0.2) is 18.2 Å². The molecule has 1 rings (SSSR count). The molecule has 4 heteroatoms. The number of benzene rings is 1. The van der Waals surface area contributed by atoms with Gasteiger partial charge in [-0.1, -0.05) is 17.7 Å². The molecule has 1 nitrogen and oxygen atoms in total. The third-order valence-electron chi connectivity index (χ3n) is 1.52. The first-order valence-electron chi connectivity index (χ1n) is 3.63. The lowest BCUT2D eigenvalue weighted by Crippen LogP contribution is -2.05. The van der Waals surface area contributed by atoms with Crippen LogP contribution in [0.25, 0.3) is 0 Å². The van der Waals surface area contributed by atoms with Crippen LogP contribution >= 0.6 is 23.4 Å². The van der Waals surface area contributed by atoms with E-state index in [4.69, 9.17) is 11.6 Å². The Balaban J connectivity index is 3.05. The van der Waals surface area contributed by atoms with Gasteiger partial charge in [-0.15, -0.1) is 0 Å². The quantitative estimate of drug-likeness (QED) is 0.726. The third-order valence-corrected chi connectivity index (χ3v) is 2.38. The second kappa shape index (κ2) is 4.63. The zero-order valence-electron chi connectivity index (χ0n) is 7.01. The van der Waals surface area contributed by atoms with Gasteiger partial charge >= 0.3 is 0 Å². The highest BCUT2D eigenvalue weighted by atomic mass is 35.5. The molecule has 0 aliphatic carbocycles. The van der Waals surface area contributed by atoms with E-state index in [1.54, 1.807) is 6.26 Å². The Hall–Kier alpha value is -0.540. The molecular weight excluding hydrogens is 211 g/mol.